The van der Waals surface area contributed by atoms with E-state index in [1.54, 1.807) is 18.8 Å². The first kappa shape index (κ1) is 29.9. The molecule has 0 atom stereocenters. The van der Waals surface area contributed by atoms with Crippen LogP contribution in [0.4, 0.5) is 0 Å². The molecule has 0 nitrogen and oxygen atoms in total. The minimum absolute atomic E-state index is 0. The number of fused-ring (bicyclic) bond motifs is 3. The summed E-state index contributed by atoms with van der Waals surface area (Å²) in [7, 11) is 0. The van der Waals surface area contributed by atoms with E-state index in [4.69, 9.17) is 0 Å². The van der Waals surface area contributed by atoms with Gasteiger partial charge < -0.3 is 24.8 Å². The minimum atomic E-state index is -1.91. The average molecular weight is 565 g/mol. The fourth-order valence-corrected chi connectivity index (χ4v) is 11.1. The molecule has 0 radical (unpaired) electrons. The SMILES string of the molecule is C/[C](c1ccccc1)=[Ti+2](/[C]1=CC=CC1)[CH]1c2ccc(C(C)(C)C)cc2-c2cc(C(C)(C)C)ccc21.[Cl-].[Cl-]. The summed E-state index contributed by atoms with van der Waals surface area (Å²) in [4.78, 5) is 0. The molecule has 0 bridgehead atoms. The van der Waals surface area contributed by atoms with Crippen molar-refractivity contribution < 1.29 is 42.2 Å². The number of hydrogen-bond acceptors (Lipinski definition) is 0. The molecule has 3 heteroatoms. The van der Waals surface area contributed by atoms with Crippen molar-refractivity contribution in [3.8, 4) is 11.1 Å². The van der Waals surface area contributed by atoms with Crippen molar-refractivity contribution in [2.24, 2.45) is 0 Å². The van der Waals surface area contributed by atoms with Crippen molar-refractivity contribution in [1.29, 1.82) is 0 Å². The van der Waals surface area contributed by atoms with E-state index in [2.05, 4.69) is 133 Å². The van der Waals surface area contributed by atoms with Crippen LogP contribution in [0.5, 0.6) is 0 Å². The molecule has 37 heavy (non-hydrogen) atoms. The maximum atomic E-state index is 2.51. The van der Waals surface area contributed by atoms with Crippen LogP contribution in [0.2, 0.25) is 0 Å². The smallest absolute Gasteiger partial charge is 1.00 e. The molecule has 0 aromatic heterocycles. The molecule has 0 saturated heterocycles. The van der Waals surface area contributed by atoms with E-state index in [0.29, 0.717) is 4.22 Å². The van der Waals surface area contributed by atoms with Gasteiger partial charge in [-0.15, -0.1) is 0 Å². The zero-order valence-corrected chi connectivity index (χ0v) is 26.2. The third kappa shape index (κ3) is 5.69. The molecule has 5 rings (SSSR count). The largest absolute Gasteiger partial charge is 1.00 e. The molecular weight excluding hydrogens is 527 g/mol. The maximum absolute atomic E-state index is 2.51. The van der Waals surface area contributed by atoms with Crippen molar-refractivity contribution >= 4 is 3.81 Å². The number of hydrogen-bond donors (Lipinski definition) is 0. The minimum Gasteiger partial charge on any atom is -1.00 e. The molecule has 3 aromatic carbocycles. The number of halogens is 2. The zero-order valence-electron chi connectivity index (χ0n) is 23.1. The predicted molar refractivity (Wildman–Crippen MR) is 149 cm³/mol. The molecule has 0 unspecified atom stereocenters. The van der Waals surface area contributed by atoms with Gasteiger partial charge in [-0.05, 0) is 0 Å². The Balaban J connectivity index is 0.00000190. The van der Waals surface area contributed by atoms with Gasteiger partial charge >= 0.3 is 219 Å². The van der Waals surface area contributed by atoms with Gasteiger partial charge in [-0.3, -0.25) is 0 Å². The molecule has 0 heterocycles. The van der Waals surface area contributed by atoms with Gasteiger partial charge in [-0.1, -0.05) is 0 Å². The normalized spacial score (nSPS) is 14.8. The Bertz CT molecular complexity index is 1320. The molecule has 3 aromatic rings. The average Bonchev–Trinajstić information content (AvgIpc) is 3.45. The van der Waals surface area contributed by atoms with E-state index in [-0.39, 0.29) is 35.6 Å². The van der Waals surface area contributed by atoms with Crippen LogP contribution in [-0.2, 0) is 28.2 Å². The van der Waals surface area contributed by atoms with Gasteiger partial charge in [0.2, 0.25) is 0 Å². The van der Waals surface area contributed by atoms with E-state index < -0.39 is 17.4 Å². The van der Waals surface area contributed by atoms with Crippen LogP contribution in [0.25, 0.3) is 11.1 Å². The fraction of sp³-hybridized carbons (Fsp3) is 0.324. The standard InChI is InChI=1S/C21H25.C8H8.C5H5.2ClH.Ti/c1-20(2,3)16-9-7-14-11-15-8-10-17(21(4,5)6)13-19(15)18(14)12-16;1-2-8-6-4-3-5-7-8;1-2-4-5-3-1;;;/h7-13H,1-6H3;3-7H,1H3;1-3H,4H2;2*1H;/q;;;;;+2/p-2. The molecule has 0 saturated carbocycles. The van der Waals surface area contributed by atoms with Crippen LogP contribution in [0, 0.1) is 0 Å². The van der Waals surface area contributed by atoms with Crippen molar-refractivity contribution in [2.75, 3.05) is 0 Å². The summed E-state index contributed by atoms with van der Waals surface area (Å²) in [5.41, 5.74) is 10.6. The summed E-state index contributed by atoms with van der Waals surface area (Å²) >= 11 is -1.91. The van der Waals surface area contributed by atoms with E-state index in [1.165, 1.54) is 27.8 Å². The van der Waals surface area contributed by atoms with Crippen LogP contribution in [0.15, 0.2) is 88.8 Å². The molecule has 2 aliphatic carbocycles. The Morgan fingerprint density at radius 1 is 0.730 bits per heavy atom. The Kier molecular flexibility index (Phi) is 9.03. The summed E-state index contributed by atoms with van der Waals surface area (Å²) < 4.78 is 3.81. The fourth-order valence-electron chi connectivity index (χ4n) is 5.63. The maximum Gasteiger partial charge on any atom is -1.00 e. The molecule has 2 aliphatic rings. The van der Waals surface area contributed by atoms with E-state index in [1.807, 2.05) is 0 Å². The molecule has 0 amide bonds. The van der Waals surface area contributed by atoms with Gasteiger partial charge in [0.1, 0.15) is 0 Å². The second-order valence-electron chi connectivity index (χ2n) is 12.3. The van der Waals surface area contributed by atoms with Gasteiger partial charge in [-0.2, -0.15) is 0 Å². The molecule has 0 aliphatic heterocycles. The van der Waals surface area contributed by atoms with Gasteiger partial charge in [0.15, 0.2) is 0 Å². The number of benzene rings is 3. The molecule has 0 fully saturated rings. The molecule has 0 spiro atoms. The third-order valence-electron chi connectivity index (χ3n) is 7.77. The second-order valence-corrected chi connectivity index (χ2v) is 16.6. The Labute approximate surface area is 242 Å². The number of allylic oxidation sites excluding steroid dienone is 4. The van der Waals surface area contributed by atoms with E-state index in [9.17, 15) is 0 Å². The Morgan fingerprint density at radius 2 is 1.24 bits per heavy atom. The second kappa shape index (κ2) is 11.2. The summed E-state index contributed by atoms with van der Waals surface area (Å²) in [6.45, 7) is 16.4. The van der Waals surface area contributed by atoms with Gasteiger partial charge in [0, 0.05) is 0 Å². The van der Waals surface area contributed by atoms with Crippen LogP contribution in [0.1, 0.15) is 86.9 Å². The number of rotatable bonds is 3. The molecular formula is C34H38Cl2Ti. The van der Waals surface area contributed by atoms with Gasteiger partial charge in [0.25, 0.3) is 0 Å². The zero-order chi connectivity index (χ0) is 25.0. The monoisotopic (exact) mass is 564 g/mol. The first-order valence-corrected chi connectivity index (χ1v) is 15.4. The molecule has 0 N–H and O–H groups in total. The Morgan fingerprint density at radius 3 is 1.68 bits per heavy atom. The van der Waals surface area contributed by atoms with Crippen molar-refractivity contribution in [3.63, 3.8) is 0 Å². The van der Waals surface area contributed by atoms with Gasteiger partial charge in [0.05, 0.1) is 0 Å². The first-order valence-electron chi connectivity index (χ1n) is 13.0. The Hall–Kier alpha value is -1.70. The van der Waals surface area contributed by atoms with Crippen LogP contribution >= 0.6 is 0 Å². The van der Waals surface area contributed by atoms with Crippen LogP contribution in [-0.4, -0.2) is 3.81 Å². The predicted octanol–water partition coefficient (Wildman–Crippen LogP) is 3.06. The molecule has 192 valence electrons. The van der Waals surface area contributed by atoms with E-state index >= 15 is 0 Å². The summed E-state index contributed by atoms with van der Waals surface area (Å²) in [6, 6.07) is 25.9. The van der Waals surface area contributed by atoms with Crippen molar-refractivity contribution in [1.82, 2.24) is 0 Å². The summed E-state index contributed by atoms with van der Waals surface area (Å²) in [5.74, 6) is 0. The first-order chi connectivity index (χ1) is 16.6. The topological polar surface area (TPSA) is 0 Å². The van der Waals surface area contributed by atoms with Crippen LogP contribution in [0.3, 0.4) is 0 Å². The van der Waals surface area contributed by atoms with Crippen molar-refractivity contribution in [2.45, 2.75) is 69.9 Å². The van der Waals surface area contributed by atoms with Crippen molar-refractivity contribution in [3.05, 3.63) is 117 Å². The quantitative estimate of drug-likeness (QED) is 0.429. The van der Waals surface area contributed by atoms with Gasteiger partial charge in [-0.25, -0.2) is 0 Å². The van der Waals surface area contributed by atoms with E-state index in [0.717, 1.165) is 6.42 Å². The summed E-state index contributed by atoms with van der Waals surface area (Å²) in [6.07, 6.45) is 8.18. The summed E-state index contributed by atoms with van der Waals surface area (Å²) in [5, 5.41) is 0. The van der Waals surface area contributed by atoms with Crippen LogP contribution < -0.4 is 24.8 Å². The third-order valence-corrected chi connectivity index (χ3v) is 13.0.